The molecule has 4 aliphatic carbocycles. The quantitative estimate of drug-likeness (QED) is 0.410. The van der Waals surface area contributed by atoms with Crippen molar-refractivity contribution in [1.29, 1.82) is 0 Å². The standard InChI is InChI=1S/C28H48O/c1-19(2)8-7-9-20(3)24-12-13-25-23-11-10-21-18-22(29-6)14-16-27(21,4)26(23)15-17-28(24,25)5/h18-20,22-26H,7-17H2,1-6H3/t20?,22?,23?,24-,25?,26?,27+,28-/m1/s1. The third kappa shape index (κ3) is 3.77. The van der Waals surface area contributed by atoms with Crippen LogP contribution in [-0.2, 0) is 4.74 Å². The average Bonchev–Trinajstić information content (AvgIpc) is 3.04. The van der Waals surface area contributed by atoms with Crippen LogP contribution in [0.1, 0.15) is 105 Å². The second kappa shape index (κ2) is 8.33. The summed E-state index contributed by atoms with van der Waals surface area (Å²) in [5.41, 5.74) is 2.86. The second-order valence-electron chi connectivity index (χ2n) is 12.4. The van der Waals surface area contributed by atoms with Crippen molar-refractivity contribution in [2.45, 2.75) is 111 Å². The maximum Gasteiger partial charge on any atom is 0.0755 e. The Morgan fingerprint density at radius 1 is 0.966 bits per heavy atom. The van der Waals surface area contributed by atoms with Gasteiger partial charge in [0, 0.05) is 7.11 Å². The molecule has 166 valence electrons. The molecule has 4 aliphatic rings. The molecule has 29 heavy (non-hydrogen) atoms. The number of methoxy groups -OCH3 is 1. The molecule has 0 bridgehead atoms. The van der Waals surface area contributed by atoms with Gasteiger partial charge in [-0.25, -0.2) is 0 Å². The Morgan fingerprint density at radius 3 is 2.48 bits per heavy atom. The molecule has 1 heteroatoms. The van der Waals surface area contributed by atoms with E-state index < -0.39 is 0 Å². The van der Waals surface area contributed by atoms with E-state index in [1.54, 1.807) is 5.57 Å². The Balaban J connectivity index is 1.48. The van der Waals surface area contributed by atoms with Gasteiger partial charge in [0.1, 0.15) is 0 Å². The summed E-state index contributed by atoms with van der Waals surface area (Å²) < 4.78 is 5.72. The largest absolute Gasteiger partial charge is 0.377 e. The molecule has 0 aromatic rings. The molecule has 0 aromatic carbocycles. The predicted octanol–water partition coefficient (Wildman–Crippen LogP) is 8.04. The smallest absolute Gasteiger partial charge is 0.0755 e. The van der Waals surface area contributed by atoms with Crippen LogP contribution < -0.4 is 0 Å². The Labute approximate surface area is 181 Å². The first kappa shape index (κ1) is 21.9. The highest BCUT2D eigenvalue weighted by Crippen LogP contribution is 2.67. The number of hydrogen-bond acceptors (Lipinski definition) is 1. The predicted molar refractivity (Wildman–Crippen MR) is 124 cm³/mol. The maximum atomic E-state index is 5.72. The Kier molecular flexibility index (Phi) is 6.29. The first-order valence-electron chi connectivity index (χ1n) is 13.0. The van der Waals surface area contributed by atoms with E-state index in [0.29, 0.717) is 16.9 Å². The van der Waals surface area contributed by atoms with Crippen LogP contribution in [0.5, 0.6) is 0 Å². The van der Waals surface area contributed by atoms with Gasteiger partial charge < -0.3 is 4.74 Å². The molecule has 0 radical (unpaired) electrons. The van der Waals surface area contributed by atoms with Crippen molar-refractivity contribution < 1.29 is 4.74 Å². The van der Waals surface area contributed by atoms with E-state index in [9.17, 15) is 0 Å². The van der Waals surface area contributed by atoms with Gasteiger partial charge in [0.25, 0.3) is 0 Å². The molecule has 5 unspecified atom stereocenters. The lowest BCUT2D eigenvalue weighted by atomic mass is 9.46. The van der Waals surface area contributed by atoms with Crippen LogP contribution in [0, 0.1) is 46.3 Å². The van der Waals surface area contributed by atoms with E-state index >= 15 is 0 Å². The highest BCUT2D eigenvalue weighted by atomic mass is 16.5. The van der Waals surface area contributed by atoms with Gasteiger partial charge in [0.05, 0.1) is 6.10 Å². The van der Waals surface area contributed by atoms with E-state index in [4.69, 9.17) is 4.74 Å². The number of ether oxygens (including phenoxy) is 1. The fourth-order valence-corrected chi connectivity index (χ4v) is 8.91. The second-order valence-corrected chi connectivity index (χ2v) is 12.4. The van der Waals surface area contributed by atoms with Crippen molar-refractivity contribution >= 4 is 0 Å². The normalized spacial score (nSPS) is 45.3. The van der Waals surface area contributed by atoms with Crippen LogP contribution in [-0.4, -0.2) is 13.2 Å². The van der Waals surface area contributed by atoms with Crippen LogP contribution in [0.4, 0.5) is 0 Å². The summed E-state index contributed by atoms with van der Waals surface area (Å²) in [6.07, 6.45) is 18.6. The van der Waals surface area contributed by atoms with Crippen molar-refractivity contribution in [2.24, 2.45) is 46.3 Å². The molecule has 0 heterocycles. The lowest BCUT2D eigenvalue weighted by molar-refractivity contribution is -0.0638. The summed E-state index contributed by atoms with van der Waals surface area (Å²) in [4.78, 5) is 0. The molecule has 0 N–H and O–H groups in total. The summed E-state index contributed by atoms with van der Waals surface area (Å²) in [5, 5.41) is 0. The number of fused-ring (bicyclic) bond motifs is 5. The van der Waals surface area contributed by atoms with E-state index in [1.807, 2.05) is 7.11 Å². The Morgan fingerprint density at radius 2 is 1.76 bits per heavy atom. The molecular weight excluding hydrogens is 352 g/mol. The summed E-state index contributed by atoms with van der Waals surface area (Å²) in [7, 11) is 1.89. The van der Waals surface area contributed by atoms with Crippen LogP contribution >= 0.6 is 0 Å². The van der Waals surface area contributed by atoms with E-state index in [0.717, 1.165) is 35.5 Å². The highest BCUT2D eigenvalue weighted by Gasteiger charge is 2.59. The minimum atomic E-state index is 0.381. The van der Waals surface area contributed by atoms with E-state index in [-0.39, 0.29) is 0 Å². The van der Waals surface area contributed by atoms with E-state index in [1.165, 1.54) is 70.6 Å². The fraction of sp³-hybridized carbons (Fsp3) is 0.929. The number of hydrogen-bond donors (Lipinski definition) is 0. The molecule has 0 spiro atoms. The topological polar surface area (TPSA) is 9.23 Å². The number of allylic oxidation sites excluding steroid dienone is 1. The number of rotatable bonds is 6. The summed E-state index contributed by atoms with van der Waals surface area (Å²) in [6.45, 7) is 12.7. The first-order chi connectivity index (χ1) is 13.8. The third-order valence-electron chi connectivity index (χ3n) is 10.6. The molecule has 0 saturated heterocycles. The Hall–Kier alpha value is -0.300. The average molecular weight is 401 g/mol. The van der Waals surface area contributed by atoms with Gasteiger partial charge in [0.15, 0.2) is 0 Å². The summed E-state index contributed by atoms with van der Waals surface area (Å²) in [6, 6.07) is 0. The van der Waals surface area contributed by atoms with Gasteiger partial charge in [0.2, 0.25) is 0 Å². The zero-order chi connectivity index (χ0) is 20.8. The minimum absolute atomic E-state index is 0.381. The van der Waals surface area contributed by atoms with Gasteiger partial charge in [-0.2, -0.15) is 0 Å². The molecule has 0 aromatic heterocycles. The lowest BCUT2D eigenvalue weighted by Gasteiger charge is -2.59. The van der Waals surface area contributed by atoms with E-state index in [2.05, 4.69) is 40.7 Å². The van der Waals surface area contributed by atoms with Gasteiger partial charge >= 0.3 is 0 Å². The first-order valence-corrected chi connectivity index (χ1v) is 13.0. The molecule has 0 amide bonds. The SMILES string of the molecule is COC1C=C2CCC3C(CC[C@@]4(C)C3CC[C@@H]4C(C)CCCC(C)C)[C@@]2(C)CC1. The Bertz CT molecular complexity index is 605. The molecule has 1 nitrogen and oxygen atoms in total. The van der Waals surface area contributed by atoms with Crippen LogP contribution in [0.25, 0.3) is 0 Å². The molecule has 8 atom stereocenters. The zero-order valence-electron chi connectivity index (χ0n) is 20.3. The highest BCUT2D eigenvalue weighted by molar-refractivity contribution is 5.25. The summed E-state index contributed by atoms with van der Waals surface area (Å²) >= 11 is 0. The molecule has 3 saturated carbocycles. The molecule has 4 rings (SSSR count). The third-order valence-corrected chi connectivity index (χ3v) is 10.6. The fourth-order valence-electron chi connectivity index (χ4n) is 8.91. The summed E-state index contributed by atoms with van der Waals surface area (Å²) in [5.74, 6) is 5.69. The lowest BCUT2D eigenvalue weighted by Crippen LogP contribution is -2.51. The monoisotopic (exact) mass is 400 g/mol. The van der Waals surface area contributed by atoms with Crippen LogP contribution in [0.2, 0.25) is 0 Å². The van der Waals surface area contributed by atoms with Crippen molar-refractivity contribution in [2.75, 3.05) is 7.11 Å². The molecular formula is C28H48O. The van der Waals surface area contributed by atoms with Gasteiger partial charge in [-0.3, -0.25) is 0 Å². The van der Waals surface area contributed by atoms with Crippen molar-refractivity contribution in [3.05, 3.63) is 11.6 Å². The maximum absolute atomic E-state index is 5.72. The molecule has 0 aliphatic heterocycles. The van der Waals surface area contributed by atoms with Crippen molar-refractivity contribution in [3.8, 4) is 0 Å². The van der Waals surface area contributed by atoms with Gasteiger partial charge in [-0.05, 0) is 97.7 Å². The van der Waals surface area contributed by atoms with Gasteiger partial charge in [-0.1, -0.05) is 65.5 Å². The van der Waals surface area contributed by atoms with Crippen molar-refractivity contribution in [3.63, 3.8) is 0 Å². The zero-order valence-corrected chi connectivity index (χ0v) is 20.3. The van der Waals surface area contributed by atoms with Crippen molar-refractivity contribution in [1.82, 2.24) is 0 Å². The van der Waals surface area contributed by atoms with Crippen LogP contribution in [0.3, 0.4) is 0 Å². The van der Waals surface area contributed by atoms with Crippen LogP contribution in [0.15, 0.2) is 11.6 Å². The molecule has 3 fully saturated rings. The van der Waals surface area contributed by atoms with Gasteiger partial charge in [-0.15, -0.1) is 0 Å². The minimum Gasteiger partial charge on any atom is -0.377 e.